The molecule has 0 amide bonds. The number of halogens is 2. The highest BCUT2D eigenvalue weighted by molar-refractivity contribution is 9.10. The van der Waals surface area contributed by atoms with E-state index in [1.165, 1.54) is 24.3 Å². The number of anilines is 1. The molecule has 2 aromatic rings. The van der Waals surface area contributed by atoms with E-state index in [-0.39, 0.29) is 23.6 Å². The average molecular weight is 340 g/mol. The van der Waals surface area contributed by atoms with Crippen molar-refractivity contribution < 1.29 is 19.0 Å². The SMILES string of the molecule is Nc1cccc(C(=O)O)c1OCc1cc(F)ccc1Br. The molecule has 0 heterocycles. The molecule has 2 aromatic carbocycles. The summed E-state index contributed by atoms with van der Waals surface area (Å²) in [4.78, 5) is 11.1. The molecule has 4 nitrogen and oxygen atoms in total. The number of hydrogen-bond acceptors (Lipinski definition) is 3. The highest BCUT2D eigenvalue weighted by Gasteiger charge is 2.14. The zero-order valence-electron chi connectivity index (χ0n) is 10.3. The minimum absolute atomic E-state index is 0.00678. The Labute approximate surface area is 123 Å². The number of ether oxygens (including phenoxy) is 1. The average Bonchev–Trinajstić information content (AvgIpc) is 2.40. The normalized spacial score (nSPS) is 10.3. The second kappa shape index (κ2) is 5.92. The van der Waals surface area contributed by atoms with Crippen molar-refractivity contribution >= 4 is 27.6 Å². The van der Waals surface area contributed by atoms with E-state index in [1.54, 1.807) is 12.1 Å². The predicted octanol–water partition coefficient (Wildman–Crippen LogP) is 3.45. The fraction of sp³-hybridized carbons (Fsp3) is 0.0714. The largest absolute Gasteiger partial charge is 0.486 e. The zero-order chi connectivity index (χ0) is 14.7. The standard InChI is InChI=1S/C14H11BrFNO3/c15-11-5-4-9(16)6-8(11)7-20-13-10(14(18)19)2-1-3-12(13)17/h1-6H,7,17H2,(H,18,19). The van der Waals surface area contributed by atoms with Gasteiger partial charge in [0.05, 0.1) is 5.69 Å². The summed E-state index contributed by atoms with van der Waals surface area (Å²) in [7, 11) is 0. The molecular formula is C14H11BrFNO3. The third kappa shape index (κ3) is 3.08. The molecule has 0 aliphatic rings. The quantitative estimate of drug-likeness (QED) is 0.837. The number of aromatic carboxylic acids is 1. The van der Waals surface area contributed by atoms with Gasteiger partial charge in [-0.05, 0) is 30.3 Å². The van der Waals surface area contributed by atoms with Crippen LogP contribution in [0.5, 0.6) is 5.75 Å². The first kappa shape index (κ1) is 14.3. The Morgan fingerprint density at radius 3 is 2.80 bits per heavy atom. The van der Waals surface area contributed by atoms with Crippen LogP contribution in [0.2, 0.25) is 0 Å². The van der Waals surface area contributed by atoms with Gasteiger partial charge in [0, 0.05) is 10.0 Å². The summed E-state index contributed by atoms with van der Waals surface area (Å²) < 4.78 is 19.3. The molecule has 0 saturated carbocycles. The maximum absolute atomic E-state index is 13.2. The van der Waals surface area contributed by atoms with E-state index in [9.17, 15) is 9.18 Å². The van der Waals surface area contributed by atoms with Gasteiger partial charge in [-0.25, -0.2) is 9.18 Å². The number of carboxylic acids is 1. The minimum atomic E-state index is -1.13. The molecule has 0 saturated heterocycles. The Hall–Kier alpha value is -2.08. The molecule has 0 fully saturated rings. The molecule has 0 spiro atoms. The van der Waals surface area contributed by atoms with Crippen LogP contribution in [0.15, 0.2) is 40.9 Å². The van der Waals surface area contributed by atoms with Crippen LogP contribution >= 0.6 is 15.9 Å². The van der Waals surface area contributed by atoms with Gasteiger partial charge in [-0.2, -0.15) is 0 Å². The lowest BCUT2D eigenvalue weighted by molar-refractivity contribution is 0.0692. The summed E-state index contributed by atoms with van der Waals surface area (Å²) in [5, 5.41) is 9.08. The third-order valence-corrected chi connectivity index (χ3v) is 3.43. The van der Waals surface area contributed by atoms with Gasteiger partial charge in [0.2, 0.25) is 0 Å². The monoisotopic (exact) mass is 339 g/mol. The van der Waals surface area contributed by atoms with Crippen molar-refractivity contribution in [3.8, 4) is 5.75 Å². The van der Waals surface area contributed by atoms with Gasteiger partial charge in [0.1, 0.15) is 18.0 Å². The number of nitrogen functional groups attached to an aromatic ring is 1. The molecule has 0 radical (unpaired) electrons. The number of nitrogens with two attached hydrogens (primary N) is 1. The summed E-state index contributed by atoms with van der Waals surface area (Å²) in [6.45, 7) is 0.00678. The summed E-state index contributed by atoms with van der Waals surface area (Å²) in [6, 6.07) is 8.65. The topological polar surface area (TPSA) is 72.6 Å². The molecule has 0 atom stereocenters. The van der Waals surface area contributed by atoms with Crippen LogP contribution in [0.4, 0.5) is 10.1 Å². The van der Waals surface area contributed by atoms with Gasteiger partial charge in [-0.1, -0.05) is 22.0 Å². The van der Waals surface area contributed by atoms with Crippen molar-refractivity contribution in [2.24, 2.45) is 0 Å². The lowest BCUT2D eigenvalue weighted by Gasteiger charge is -2.12. The number of carbonyl (C=O) groups is 1. The lowest BCUT2D eigenvalue weighted by atomic mass is 10.1. The molecule has 0 bridgehead atoms. The molecule has 0 unspecified atom stereocenters. The molecule has 3 N–H and O–H groups in total. The van der Waals surface area contributed by atoms with Crippen LogP contribution in [0.1, 0.15) is 15.9 Å². The lowest BCUT2D eigenvalue weighted by Crippen LogP contribution is -2.06. The summed E-state index contributed by atoms with van der Waals surface area (Å²) in [5.41, 5.74) is 6.47. The first-order chi connectivity index (χ1) is 9.49. The van der Waals surface area contributed by atoms with E-state index in [2.05, 4.69) is 15.9 Å². The van der Waals surface area contributed by atoms with Gasteiger partial charge in [0.25, 0.3) is 0 Å². The van der Waals surface area contributed by atoms with Gasteiger partial charge >= 0.3 is 5.97 Å². The van der Waals surface area contributed by atoms with Crippen LogP contribution in [-0.4, -0.2) is 11.1 Å². The molecule has 0 aliphatic carbocycles. The van der Waals surface area contributed by atoms with Crippen molar-refractivity contribution in [1.29, 1.82) is 0 Å². The van der Waals surface area contributed by atoms with Crippen LogP contribution in [-0.2, 0) is 6.61 Å². The van der Waals surface area contributed by atoms with E-state index in [0.29, 0.717) is 10.0 Å². The van der Waals surface area contributed by atoms with Crippen molar-refractivity contribution in [2.75, 3.05) is 5.73 Å². The van der Waals surface area contributed by atoms with Crippen molar-refractivity contribution in [3.05, 3.63) is 57.8 Å². The number of para-hydroxylation sites is 1. The molecule has 2 rings (SSSR count). The van der Waals surface area contributed by atoms with E-state index in [0.717, 1.165) is 0 Å². The molecule has 104 valence electrons. The highest BCUT2D eigenvalue weighted by atomic mass is 79.9. The first-order valence-electron chi connectivity index (χ1n) is 5.67. The van der Waals surface area contributed by atoms with Crippen molar-refractivity contribution in [2.45, 2.75) is 6.61 Å². The predicted molar refractivity (Wildman–Crippen MR) is 76.2 cm³/mol. The Balaban J connectivity index is 2.27. The van der Waals surface area contributed by atoms with Crippen LogP contribution < -0.4 is 10.5 Å². The maximum atomic E-state index is 13.2. The Kier molecular flexibility index (Phi) is 4.24. The van der Waals surface area contributed by atoms with Crippen molar-refractivity contribution in [1.82, 2.24) is 0 Å². The summed E-state index contributed by atoms with van der Waals surface area (Å²) in [6.07, 6.45) is 0. The molecule has 20 heavy (non-hydrogen) atoms. The summed E-state index contributed by atoms with van der Waals surface area (Å²) >= 11 is 3.28. The molecule has 0 aliphatic heterocycles. The Morgan fingerprint density at radius 2 is 2.10 bits per heavy atom. The number of rotatable bonds is 4. The fourth-order valence-corrected chi connectivity index (χ4v) is 2.05. The first-order valence-corrected chi connectivity index (χ1v) is 6.47. The number of carboxylic acid groups (broad SMARTS) is 1. The second-order valence-electron chi connectivity index (χ2n) is 4.05. The van der Waals surface area contributed by atoms with Crippen LogP contribution in [0.3, 0.4) is 0 Å². The van der Waals surface area contributed by atoms with E-state index in [1.807, 2.05) is 0 Å². The van der Waals surface area contributed by atoms with E-state index < -0.39 is 11.8 Å². The minimum Gasteiger partial charge on any atom is -0.486 e. The summed E-state index contributed by atoms with van der Waals surface area (Å²) in [5.74, 6) is -1.45. The second-order valence-corrected chi connectivity index (χ2v) is 4.91. The van der Waals surface area contributed by atoms with E-state index in [4.69, 9.17) is 15.6 Å². The van der Waals surface area contributed by atoms with Gasteiger partial charge in [-0.15, -0.1) is 0 Å². The maximum Gasteiger partial charge on any atom is 0.339 e. The Morgan fingerprint density at radius 1 is 1.35 bits per heavy atom. The van der Waals surface area contributed by atoms with Crippen molar-refractivity contribution in [3.63, 3.8) is 0 Å². The molecule has 6 heteroatoms. The van der Waals surface area contributed by atoms with Gasteiger partial charge < -0.3 is 15.6 Å². The Bertz CT molecular complexity index is 661. The van der Waals surface area contributed by atoms with Crippen LogP contribution in [0, 0.1) is 5.82 Å². The molecular weight excluding hydrogens is 329 g/mol. The third-order valence-electron chi connectivity index (χ3n) is 2.66. The number of benzene rings is 2. The zero-order valence-corrected chi connectivity index (χ0v) is 11.9. The number of hydrogen-bond donors (Lipinski definition) is 2. The fourth-order valence-electron chi connectivity index (χ4n) is 1.69. The van der Waals surface area contributed by atoms with Gasteiger partial charge in [-0.3, -0.25) is 0 Å². The smallest absolute Gasteiger partial charge is 0.339 e. The molecule has 0 aromatic heterocycles. The highest BCUT2D eigenvalue weighted by Crippen LogP contribution is 2.28. The van der Waals surface area contributed by atoms with Crippen LogP contribution in [0.25, 0.3) is 0 Å². The van der Waals surface area contributed by atoms with Gasteiger partial charge in [0.15, 0.2) is 5.75 Å². The van der Waals surface area contributed by atoms with E-state index >= 15 is 0 Å².